The lowest BCUT2D eigenvalue weighted by molar-refractivity contribution is 0.506. The third-order valence-corrected chi connectivity index (χ3v) is 3.91. The third kappa shape index (κ3) is 3.17. The molecule has 0 radical (unpaired) electrons. The van der Waals surface area contributed by atoms with Crippen molar-refractivity contribution in [3.8, 4) is 11.1 Å². The number of hydrogen-bond acceptors (Lipinski definition) is 1. The number of benzene rings is 2. The summed E-state index contributed by atoms with van der Waals surface area (Å²) >= 11 is 6.22. The van der Waals surface area contributed by atoms with E-state index in [1.54, 1.807) is 0 Å². The first-order valence-corrected chi connectivity index (χ1v) is 7.06. The highest BCUT2D eigenvalue weighted by Crippen LogP contribution is 2.30. The van der Waals surface area contributed by atoms with Crippen LogP contribution in [0.5, 0.6) is 0 Å². The summed E-state index contributed by atoms with van der Waals surface area (Å²) in [5.41, 5.74) is 9.38. The molecular weight excluding hydrogens is 254 g/mol. The highest BCUT2D eigenvalue weighted by atomic mass is 35.5. The Kier molecular flexibility index (Phi) is 4.62. The summed E-state index contributed by atoms with van der Waals surface area (Å²) in [6.07, 6.45) is 0. The van der Waals surface area contributed by atoms with E-state index in [0.29, 0.717) is 18.4 Å². The molecule has 100 valence electrons. The molecule has 0 saturated heterocycles. The monoisotopic (exact) mass is 273 g/mol. The standard InChI is InChI=1S/C17H20ClN/c1-12(2)16(11-19)14-9-7-13(8-10-14)15-5-3-4-6-17(15)18/h3-10,12,16H,11,19H2,1-2H3. The van der Waals surface area contributed by atoms with Crippen LogP contribution in [0, 0.1) is 5.92 Å². The Hall–Kier alpha value is -1.31. The van der Waals surface area contributed by atoms with Gasteiger partial charge in [-0.1, -0.05) is 67.9 Å². The molecule has 0 bridgehead atoms. The van der Waals surface area contributed by atoms with Crippen molar-refractivity contribution in [3.05, 3.63) is 59.1 Å². The van der Waals surface area contributed by atoms with Crippen LogP contribution >= 0.6 is 11.6 Å². The molecule has 0 saturated carbocycles. The average Bonchev–Trinajstić information content (AvgIpc) is 2.41. The predicted octanol–water partition coefficient (Wildman–Crippen LogP) is 4.71. The molecule has 19 heavy (non-hydrogen) atoms. The minimum Gasteiger partial charge on any atom is -0.330 e. The van der Waals surface area contributed by atoms with Crippen molar-refractivity contribution < 1.29 is 0 Å². The van der Waals surface area contributed by atoms with E-state index in [1.807, 2.05) is 24.3 Å². The van der Waals surface area contributed by atoms with Gasteiger partial charge in [0.15, 0.2) is 0 Å². The molecule has 0 amide bonds. The van der Waals surface area contributed by atoms with E-state index in [9.17, 15) is 0 Å². The maximum absolute atomic E-state index is 6.22. The van der Waals surface area contributed by atoms with E-state index < -0.39 is 0 Å². The van der Waals surface area contributed by atoms with Crippen LogP contribution in [-0.2, 0) is 0 Å². The van der Waals surface area contributed by atoms with Crippen molar-refractivity contribution in [1.29, 1.82) is 0 Å². The number of hydrogen-bond donors (Lipinski definition) is 1. The van der Waals surface area contributed by atoms with Crippen molar-refractivity contribution in [3.63, 3.8) is 0 Å². The fraction of sp³-hybridized carbons (Fsp3) is 0.294. The Labute approximate surface area is 120 Å². The Balaban J connectivity index is 2.31. The molecule has 2 heteroatoms. The molecule has 2 aromatic carbocycles. The Morgan fingerprint density at radius 1 is 1.00 bits per heavy atom. The zero-order valence-electron chi connectivity index (χ0n) is 11.4. The van der Waals surface area contributed by atoms with Gasteiger partial charge in [0, 0.05) is 10.6 Å². The fourth-order valence-corrected chi connectivity index (χ4v) is 2.64. The van der Waals surface area contributed by atoms with Crippen LogP contribution in [0.2, 0.25) is 5.02 Å². The average molecular weight is 274 g/mol. The van der Waals surface area contributed by atoms with Gasteiger partial charge in [0.2, 0.25) is 0 Å². The Morgan fingerprint density at radius 3 is 2.16 bits per heavy atom. The van der Waals surface area contributed by atoms with Crippen LogP contribution < -0.4 is 5.73 Å². The smallest absolute Gasteiger partial charge is 0.0484 e. The molecule has 2 aromatic rings. The quantitative estimate of drug-likeness (QED) is 0.858. The fourth-order valence-electron chi connectivity index (χ4n) is 2.40. The number of halogens is 1. The highest BCUT2D eigenvalue weighted by molar-refractivity contribution is 6.33. The van der Waals surface area contributed by atoms with Gasteiger partial charge in [-0.05, 0) is 35.6 Å². The molecule has 0 aliphatic rings. The molecule has 2 N–H and O–H groups in total. The van der Waals surface area contributed by atoms with Crippen LogP contribution in [0.1, 0.15) is 25.3 Å². The van der Waals surface area contributed by atoms with Crippen LogP contribution in [-0.4, -0.2) is 6.54 Å². The van der Waals surface area contributed by atoms with E-state index in [4.69, 9.17) is 17.3 Å². The topological polar surface area (TPSA) is 26.0 Å². The summed E-state index contributed by atoms with van der Waals surface area (Å²) < 4.78 is 0. The van der Waals surface area contributed by atoms with E-state index >= 15 is 0 Å². The van der Waals surface area contributed by atoms with Gasteiger partial charge >= 0.3 is 0 Å². The van der Waals surface area contributed by atoms with Gasteiger partial charge < -0.3 is 5.73 Å². The zero-order chi connectivity index (χ0) is 13.8. The second-order valence-electron chi connectivity index (χ2n) is 5.19. The zero-order valence-corrected chi connectivity index (χ0v) is 12.2. The normalized spacial score (nSPS) is 12.7. The molecule has 1 atom stereocenters. The lowest BCUT2D eigenvalue weighted by Crippen LogP contribution is -2.17. The van der Waals surface area contributed by atoms with Gasteiger partial charge in [-0.15, -0.1) is 0 Å². The summed E-state index contributed by atoms with van der Waals surface area (Å²) in [7, 11) is 0. The van der Waals surface area contributed by atoms with Gasteiger partial charge in [-0.3, -0.25) is 0 Å². The molecule has 0 aromatic heterocycles. The van der Waals surface area contributed by atoms with Crippen molar-refractivity contribution in [1.82, 2.24) is 0 Å². The maximum Gasteiger partial charge on any atom is 0.0484 e. The van der Waals surface area contributed by atoms with Crippen LogP contribution in [0.15, 0.2) is 48.5 Å². The number of nitrogens with two attached hydrogens (primary N) is 1. The number of rotatable bonds is 4. The molecule has 0 aliphatic carbocycles. The molecule has 1 unspecified atom stereocenters. The van der Waals surface area contributed by atoms with Crippen molar-refractivity contribution >= 4 is 11.6 Å². The van der Waals surface area contributed by atoms with E-state index in [-0.39, 0.29) is 0 Å². The SMILES string of the molecule is CC(C)C(CN)c1ccc(-c2ccccc2Cl)cc1. The van der Waals surface area contributed by atoms with Gasteiger partial charge in [0.25, 0.3) is 0 Å². The maximum atomic E-state index is 6.22. The summed E-state index contributed by atoms with van der Waals surface area (Å²) in [5, 5.41) is 0.787. The molecule has 0 heterocycles. The van der Waals surface area contributed by atoms with Crippen molar-refractivity contribution in [2.45, 2.75) is 19.8 Å². The molecule has 0 fully saturated rings. The molecule has 1 nitrogen and oxygen atoms in total. The molecule has 0 spiro atoms. The summed E-state index contributed by atoms with van der Waals surface area (Å²) in [6.45, 7) is 5.10. The predicted molar refractivity (Wildman–Crippen MR) is 83.5 cm³/mol. The highest BCUT2D eigenvalue weighted by Gasteiger charge is 2.14. The first-order valence-electron chi connectivity index (χ1n) is 6.68. The minimum absolute atomic E-state index is 0.417. The van der Waals surface area contributed by atoms with Crippen LogP contribution in [0.4, 0.5) is 0 Å². The van der Waals surface area contributed by atoms with Gasteiger partial charge in [0.1, 0.15) is 0 Å². The lowest BCUT2D eigenvalue weighted by atomic mass is 9.88. The second-order valence-corrected chi connectivity index (χ2v) is 5.60. The second kappa shape index (κ2) is 6.23. The first kappa shape index (κ1) is 14.1. The summed E-state index contributed by atoms with van der Waals surface area (Å²) in [4.78, 5) is 0. The first-order chi connectivity index (χ1) is 9.13. The van der Waals surface area contributed by atoms with E-state index in [0.717, 1.165) is 16.1 Å². The molecular formula is C17H20ClN. The van der Waals surface area contributed by atoms with E-state index in [1.165, 1.54) is 5.56 Å². The van der Waals surface area contributed by atoms with Gasteiger partial charge in [-0.25, -0.2) is 0 Å². The van der Waals surface area contributed by atoms with Crippen molar-refractivity contribution in [2.75, 3.05) is 6.54 Å². The summed E-state index contributed by atoms with van der Waals surface area (Å²) in [6, 6.07) is 16.5. The van der Waals surface area contributed by atoms with Crippen molar-refractivity contribution in [2.24, 2.45) is 11.7 Å². The van der Waals surface area contributed by atoms with Crippen LogP contribution in [0.3, 0.4) is 0 Å². The third-order valence-electron chi connectivity index (χ3n) is 3.58. The molecule has 2 rings (SSSR count). The van der Waals surface area contributed by atoms with E-state index in [2.05, 4.69) is 38.1 Å². The van der Waals surface area contributed by atoms with Crippen LogP contribution in [0.25, 0.3) is 11.1 Å². The van der Waals surface area contributed by atoms with Gasteiger partial charge in [-0.2, -0.15) is 0 Å². The Bertz CT molecular complexity index is 531. The summed E-state index contributed by atoms with van der Waals surface area (Å²) in [5.74, 6) is 0.969. The lowest BCUT2D eigenvalue weighted by Gasteiger charge is -2.19. The van der Waals surface area contributed by atoms with Gasteiger partial charge in [0.05, 0.1) is 0 Å². The Morgan fingerprint density at radius 2 is 1.63 bits per heavy atom. The minimum atomic E-state index is 0.417. The molecule has 0 aliphatic heterocycles. The largest absolute Gasteiger partial charge is 0.330 e.